The molecule has 1 aliphatic heterocycles. The van der Waals surface area contributed by atoms with Gasteiger partial charge in [0, 0.05) is 45.0 Å². The second kappa shape index (κ2) is 10.6. The van der Waals surface area contributed by atoms with Crippen molar-refractivity contribution >= 4 is 44.9 Å². The van der Waals surface area contributed by atoms with E-state index in [4.69, 9.17) is 0 Å². The Bertz CT molecular complexity index is 1070. The molecular formula is C24H29N5O2S. The number of hydrogen-bond donors (Lipinski definition) is 2. The van der Waals surface area contributed by atoms with E-state index >= 15 is 0 Å². The average molecular weight is 452 g/mol. The molecule has 0 radical (unpaired) electrons. The van der Waals surface area contributed by atoms with Gasteiger partial charge in [-0.15, -0.1) is 0 Å². The molecule has 0 unspecified atom stereocenters. The number of nitrogens with zero attached hydrogens (tertiary/aromatic N) is 3. The lowest BCUT2D eigenvalue weighted by molar-refractivity contribution is -0.114. The number of piperazine rings is 1. The number of rotatable bonds is 8. The van der Waals surface area contributed by atoms with Crippen LogP contribution in [0.15, 0.2) is 48.5 Å². The third kappa shape index (κ3) is 5.44. The molecular weight excluding hydrogens is 422 g/mol. The summed E-state index contributed by atoms with van der Waals surface area (Å²) in [6.07, 6.45) is 1.96. The van der Waals surface area contributed by atoms with E-state index in [0.29, 0.717) is 17.8 Å². The standard InChI is InChI=1S/C24H29N5O2S/c1-18(30)26-21-10-4-2-8-19(21)24(31)25-12-6-7-13-28-14-16-29(17-15-28)23-20-9-3-5-11-22(20)32-27-23/h2-5,8-11H,6-7,12-17H2,1H3,(H,25,31)(H,26,30). The highest BCUT2D eigenvalue weighted by atomic mass is 32.1. The molecule has 2 N–H and O–H groups in total. The predicted octanol–water partition coefficient (Wildman–Crippen LogP) is 3.59. The molecule has 1 fully saturated rings. The fourth-order valence-electron chi connectivity index (χ4n) is 4.02. The molecule has 0 atom stereocenters. The molecule has 168 valence electrons. The van der Waals surface area contributed by atoms with Crippen LogP contribution in [0.5, 0.6) is 0 Å². The van der Waals surface area contributed by atoms with E-state index in [-0.39, 0.29) is 11.8 Å². The van der Waals surface area contributed by atoms with Crippen LogP contribution in [0.2, 0.25) is 0 Å². The number of amides is 2. The fraction of sp³-hybridized carbons (Fsp3) is 0.375. The number of benzene rings is 2. The Hall–Kier alpha value is -2.97. The van der Waals surface area contributed by atoms with E-state index in [1.165, 1.54) is 17.0 Å². The van der Waals surface area contributed by atoms with Crippen molar-refractivity contribution in [2.45, 2.75) is 19.8 Å². The molecule has 4 rings (SSSR count). The van der Waals surface area contributed by atoms with Crippen LogP contribution in [-0.4, -0.2) is 60.4 Å². The monoisotopic (exact) mass is 451 g/mol. The van der Waals surface area contributed by atoms with E-state index in [9.17, 15) is 9.59 Å². The number of aromatic nitrogens is 1. The van der Waals surface area contributed by atoms with Gasteiger partial charge in [0.25, 0.3) is 5.91 Å². The van der Waals surface area contributed by atoms with Crippen molar-refractivity contribution in [3.05, 3.63) is 54.1 Å². The Labute approximate surface area is 192 Å². The second-order valence-electron chi connectivity index (χ2n) is 8.02. The molecule has 3 aromatic rings. The largest absolute Gasteiger partial charge is 0.353 e. The topological polar surface area (TPSA) is 77.6 Å². The molecule has 32 heavy (non-hydrogen) atoms. The normalized spacial score (nSPS) is 14.5. The predicted molar refractivity (Wildman–Crippen MR) is 131 cm³/mol. The molecule has 0 aliphatic carbocycles. The number of hydrogen-bond acceptors (Lipinski definition) is 6. The lowest BCUT2D eigenvalue weighted by atomic mass is 10.1. The van der Waals surface area contributed by atoms with Crippen LogP contribution in [0.1, 0.15) is 30.1 Å². The number of fused-ring (bicyclic) bond motifs is 1. The van der Waals surface area contributed by atoms with Crippen molar-refractivity contribution in [2.75, 3.05) is 49.5 Å². The number of carbonyl (C=O) groups is 2. The molecule has 8 heteroatoms. The molecule has 2 amide bonds. The first-order chi connectivity index (χ1) is 15.6. The van der Waals surface area contributed by atoms with Gasteiger partial charge in [-0.25, -0.2) is 0 Å². The zero-order valence-corrected chi connectivity index (χ0v) is 19.2. The molecule has 1 aromatic heterocycles. The maximum atomic E-state index is 12.5. The summed E-state index contributed by atoms with van der Waals surface area (Å²) in [7, 11) is 0. The minimum absolute atomic E-state index is 0.154. The Morgan fingerprint density at radius 2 is 1.75 bits per heavy atom. The van der Waals surface area contributed by atoms with Gasteiger partial charge in [0.05, 0.1) is 16.0 Å². The summed E-state index contributed by atoms with van der Waals surface area (Å²) in [4.78, 5) is 28.7. The van der Waals surface area contributed by atoms with Crippen molar-refractivity contribution in [3.63, 3.8) is 0 Å². The molecule has 1 aliphatic rings. The number of unbranched alkanes of at least 4 members (excludes halogenated alkanes) is 1. The molecule has 1 saturated heterocycles. The number of nitrogens with one attached hydrogen (secondary N) is 2. The first-order valence-corrected chi connectivity index (χ1v) is 11.9. The summed E-state index contributed by atoms with van der Waals surface area (Å²) >= 11 is 1.57. The first-order valence-electron chi connectivity index (χ1n) is 11.1. The molecule has 0 saturated carbocycles. The van der Waals surface area contributed by atoms with Crippen molar-refractivity contribution in [3.8, 4) is 0 Å². The maximum absolute atomic E-state index is 12.5. The van der Waals surface area contributed by atoms with Crippen LogP contribution >= 0.6 is 11.5 Å². The summed E-state index contributed by atoms with van der Waals surface area (Å²) in [6.45, 7) is 7.13. The first kappa shape index (κ1) is 22.2. The Morgan fingerprint density at radius 3 is 2.56 bits per heavy atom. The van der Waals surface area contributed by atoms with Crippen molar-refractivity contribution in [2.24, 2.45) is 0 Å². The number of carbonyl (C=O) groups excluding carboxylic acids is 2. The van der Waals surface area contributed by atoms with Crippen LogP contribution in [0, 0.1) is 0 Å². The zero-order valence-electron chi connectivity index (χ0n) is 18.3. The van der Waals surface area contributed by atoms with Gasteiger partial charge in [0.2, 0.25) is 5.91 Å². The fourth-order valence-corrected chi connectivity index (χ4v) is 4.82. The third-order valence-corrected chi connectivity index (χ3v) is 6.52. The van der Waals surface area contributed by atoms with Gasteiger partial charge in [-0.2, -0.15) is 4.37 Å². The lowest BCUT2D eigenvalue weighted by Gasteiger charge is -2.35. The second-order valence-corrected chi connectivity index (χ2v) is 8.83. The van der Waals surface area contributed by atoms with Gasteiger partial charge < -0.3 is 15.5 Å². The highest BCUT2D eigenvalue weighted by Crippen LogP contribution is 2.29. The van der Waals surface area contributed by atoms with Crippen LogP contribution in [0.4, 0.5) is 11.5 Å². The Balaban J connectivity index is 1.17. The van der Waals surface area contributed by atoms with Gasteiger partial charge in [-0.05, 0) is 55.2 Å². The maximum Gasteiger partial charge on any atom is 0.253 e. The van der Waals surface area contributed by atoms with Gasteiger partial charge in [-0.3, -0.25) is 14.5 Å². The SMILES string of the molecule is CC(=O)Nc1ccccc1C(=O)NCCCCN1CCN(c2nsc3ccccc23)CC1. The van der Waals surface area contributed by atoms with Gasteiger partial charge in [-0.1, -0.05) is 24.3 Å². The van der Waals surface area contributed by atoms with Crippen molar-refractivity contribution in [1.29, 1.82) is 0 Å². The summed E-state index contributed by atoms with van der Waals surface area (Å²) < 4.78 is 5.92. The van der Waals surface area contributed by atoms with Gasteiger partial charge in [0.1, 0.15) is 5.82 Å². The average Bonchev–Trinajstić information content (AvgIpc) is 3.23. The van der Waals surface area contributed by atoms with E-state index in [1.807, 2.05) is 0 Å². The smallest absolute Gasteiger partial charge is 0.253 e. The molecule has 2 aromatic carbocycles. The summed E-state index contributed by atoms with van der Waals surface area (Å²) in [5, 5.41) is 6.93. The number of anilines is 2. The Morgan fingerprint density at radius 1 is 1.00 bits per heavy atom. The van der Waals surface area contributed by atoms with Crippen LogP contribution < -0.4 is 15.5 Å². The molecule has 0 spiro atoms. The summed E-state index contributed by atoms with van der Waals surface area (Å²) in [5.41, 5.74) is 1.04. The zero-order chi connectivity index (χ0) is 22.3. The van der Waals surface area contributed by atoms with Gasteiger partial charge in [0.15, 0.2) is 0 Å². The van der Waals surface area contributed by atoms with E-state index < -0.39 is 0 Å². The quantitative estimate of drug-likeness (QED) is 0.512. The highest BCUT2D eigenvalue weighted by Gasteiger charge is 2.20. The van der Waals surface area contributed by atoms with Crippen LogP contribution in [0.25, 0.3) is 10.1 Å². The minimum atomic E-state index is -0.187. The number of para-hydroxylation sites is 1. The van der Waals surface area contributed by atoms with E-state index in [1.54, 1.807) is 35.8 Å². The van der Waals surface area contributed by atoms with Crippen molar-refractivity contribution in [1.82, 2.24) is 14.6 Å². The summed E-state index contributed by atoms with van der Waals surface area (Å²) in [6, 6.07) is 15.5. The molecule has 2 heterocycles. The highest BCUT2D eigenvalue weighted by molar-refractivity contribution is 7.13. The van der Waals surface area contributed by atoms with Crippen molar-refractivity contribution < 1.29 is 9.59 Å². The van der Waals surface area contributed by atoms with E-state index in [2.05, 4.69) is 49.1 Å². The third-order valence-electron chi connectivity index (χ3n) is 5.70. The van der Waals surface area contributed by atoms with Gasteiger partial charge >= 0.3 is 0 Å². The lowest BCUT2D eigenvalue weighted by Crippen LogP contribution is -2.46. The molecule has 0 bridgehead atoms. The summed E-state index contributed by atoms with van der Waals surface area (Å²) in [5.74, 6) is 0.777. The van der Waals surface area contributed by atoms with Crippen LogP contribution in [-0.2, 0) is 4.79 Å². The minimum Gasteiger partial charge on any atom is -0.353 e. The van der Waals surface area contributed by atoms with Crippen LogP contribution in [0.3, 0.4) is 0 Å². The van der Waals surface area contributed by atoms with E-state index in [0.717, 1.165) is 51.4 Å². The molecule has 7 nitrogen and oxygen atoms in total. The Kier molecular flexibility index (Phi) is 7.34.